The lowest BCUT2D eigenvalue weighted by Crippen LogP contribution is -2.39. The van der Waals surface area contributed by atoms with Crippen LogP contribution in [0.25, 0.3) is 0 Å². The molecule has 1 aliphatic rings. The molecule has 3 rings (SSSR count). The second-order valence-corrected chi connectivity index (χ2v) is 5.47. The molecule has 2 heterocycles. The zero-order valence-electron chi connectivity index (χ0n) is 12.5. The van der Waals surface area contributed by atoms with Gasteiger partial charge in [-0.05, 0) is 25.5 Å². The van der Waals surface area contributed by atoms with Crippen molar-refractivity contribution in [3.05, 3.63) is 41.7 Å². The molecule has 5 heteroatoms. The number of aromatic nitrogens is 3. The maximum absolute atomic E-state index is 6.11. The summed E-state index contributed by atoms with van der Waals surface area (Å²) in [5.41, 5.74) is 2.03. The van der Waals surface area contributed by atoms with Crippen molar-refractivity contribution in [1.82, 2.24) is 15.2 Å². The Morgan fingerprint density at radius 1 is 1.10 bits per heavy atom. The predicted molar refractivity (Wildman–Crippen MR) is 81.6 cm³/mol. The molecule has 0 aliphatic carbocycles. The molecule has 1 aromatic carbocycles. The Hall–Kier alpha value is -2.17. The molecule has 1 aliphatic heterocycles. The van der Waals surface area contributed by atoms with Crippen molar-refractivity contribution >= 4 is 5.95 Å². The van der Waals surface area contributed by atoms with Crippen molar-refractivity contribution in [3.63, 3.8) is 0 Å². The highest BCUT2D eigenvalue weighted by Gasteiger charge is 2.22. The Labute approximate surface area is 125 Å². The van der Waals surface area contributed by atoms with Crippen LogP contribution < -0.4 is 9.64 Å². The lowest BCUT2D eigenvalue weighted by molar-refractivity contribution is 0.169. The number of para-hydroxylation sites is 1. The number of piperidine rings is 1. The van der Waals surface area contributed by atoms with E-state index in [1.54, 1.807) is 6.20 Å². The summed E-state index contributed by atoms with van der Waals surface area (Å²) in [4.78, 5) is 6.51. The second kappa shape index (κ2) is 6.08. The molecule has 21 heavy (non-hydrogen) atoms. The number of ether oxygens (including phenoxy) is 1. The third-order valence-electron chi connectivity index (χ3n) is 3.78. The van der Waals surface area contributed by atoms with Gasteiger partial charge in [-0.3, -0.25) is 0 Å². The molecule has 1 saturated heterocycles. The lowest BCUT2D eigenvalue weighted by atomic mass is 10.1. The normalized spacial score (nSPS) is 16.0. The number of hydrogen-bond acceptors (Lipinski definition) is 5. The molecule has 0 radical (unpaired) electrons. The van der Waals surface area contributed by atoms with Crippen LogP contribution in [-0.4, -0.2) is 34.4 Å². The first kappa shape index (κ1) is 13.8. The first-order valence-electron chi connectivity index (χ1n) is 7.36. The molecule has 1 aromatic heterocycles. The van der Waals surface area contributed by atoms with Gasteiger partial charge in [-0.25, -0.2) is 4.98 Å². The summed E-state index contributed by atoms with van der Waals surface area (Å²) in [7, 11) is 0. The van der Waals surface area contributed by atoms with E-state index in [0.717, 1.165) is 43.3 Å². The maximum Gasteiger partial charge on any atom is 0.245 e. The van der Waals surface area contributed by atoms with Gasteiger partial charge in [0.25, 0.3) is 0 Å². The van der Waals surface area contributed by atoms with E-state index in [-0.39, 0.29) is 6.10 Å². The van der Waals surface area contributed by atoms with Crippen LogP contribution >= 0.6 is 0 Å². The van der Waals surface area contributed by atoms with Crippen molar-refractivity contribution in [1.29, 1.82) is 0 Å². The van der Waals surface area contributed by atoms with Crippen LogP contribution in [0.1, 0.15) is 24.1 Å². The van der Waals surface area contributed by atoms with Gasteiger partial charge in [0.15, 0.2) is 0 Å². The maximum atomic E-state index is 6.11. The Kier molecular flexibility index (Phi) is 3.99. The van der Waals surface area contributed by atoms with Crippen molar-refractivity contribution in [2.75, 3.05) is 18.0 Å². The van der Waals surface area contributed by atoms with Gasteiger partial charge in [0.05, 0.1) is 11.9 Å². The SMILES string of the molecule is Cc1cnc(N2CCC(Oc3ccccc3C)CC2)nn1. The van der Waals surface area contributed by atoms with Gasteiger partial charge < -0.3 is 9.64 Å². The summed E-state index contributed by atoms with van der Waals surface area (Å²) in [5.74, 6) is 1.71. The van der Waals surface area contributed by atoms with Crippen LogP contribution in [0.5, 0.6) is 5.75 Å². The standard InChI is InChI=1S/C16H20N4O/c1-12-5-3-4-6-15(12)21-14-7-9-20(10-8-14)16-17-11-13(2)18-19-16/h3-6,11,14H,7-10H2,1-2H3. The van der Waals surface area contributed by atoms with Gasteiger partial charge in [0.2, 0.25) is 5.95 Å². The predicted octanol–water partition coefficient (Wildman–Crippen LogP) is 2.54. The summed E-state index contributed by atoms with van der Waals surface area (Å²) in [6, 6.07) is 8.17. The molecular formula is C16H20N4O. The van der Waals surface area contributed by atoms with Gasteiger partial charge >= 0.3 is 0 Å². The van der Waals surface area contributed by atoms with Crippen LogP contribution in [0.2, 0.25) is 0 Å². The van der Waals surface area contributed by atoms with E-state index in [2.05, 4.69) is 33.1 Å². The third kappa shape index (κ3) is 3.29. The molecule has 0 unspecified atom stereocenters. The minimum Gasteiger partial charge on any atom is -0.490 e. The molecule has 1 fully saturated rings. The summed E-state index contributed by atoms with van der Waals surface area (Å²) in [6.45, 7) is 5.78. The fraction of sp³-hybridized carbons (Fsp3) is 0.438. The number of benzene rings is 1. The average molecular weight is 284 g/mol. The van der Waals surface area contributed by atoms with E-state index in [1.807, 2.05) is 25.1 Å². The molecule has 2 aromatic rings. The molecule has 0 saturated carbocycles. The summed E-state index contributed by atoms with van der Waals surface area (Å²) >= 11 is 0. The van der Waals surface area contributed by atoms with Crippen molar-refractivity contribution in [3.8, 4) is 5.75 Å². The Morgan fingerprint density at radius 3 is 2.52 bits per heavy atom. The van der Waals surface area contributed by atoms with E-state index in [9.17, 15) is 0 Å². The molecule has 0 N–H and O–H groups in total. The van der Waals surface area contributed by atoms with E-state index >= 15 is 0 Å². The van der Waals surface area contributed by atoms with Crippen molar-refractivity contribution < 1.29 is 4.74 Å². The topological polar surface area (TPSA) is 51.1 Å². The van der Waals surface area contributed by atoms with Crippen LogP contribution in [0.3, 0.4) is 0 Å². The Bertz CT molecular complexity index is 591. The van der Waals surface area contributed by atoms with Gasteiger partial charge in [-0.15, -0.1) is 5.10 Å². The van der Waals surface area contributed by atoms with Gasteiger partial charge in [0, 0.05) is 25.9 Å². The molecule has 0 atom stereocenters. The molecule has 110 valence electrons. The van der Waals surface area contributed by atoms with Crippen LogP contribution in [0, 0.1) is 13.8 Å². The lowest BCUT2D eigenvalue weighted by Gasteiger charge is -2.32. The molecule has 0 spiro atoms. The molecular weight excluding hydrogens is 264 g/mol. The van der Waals surface area contributed by atoms with Gasteiger partial charge in [-0.1, -0.05) is 18.2 Å². The van der Waals surface area contributed by atoms with Gasteiger partial charge in [-0.2, -0.15) is 5.10 Å². The quantitative estimate of drug-likeness (QED) is 0.867. The second-order valence-electron chi connectivity index (χ2n) is 5.47. The Morgan fingerprint density at radius 2 is 1.86 bits per heavy atom. The monoisotopic (exact) mass is 284 g/mol. The fourth-order valence-electron chi connectivity index (χ4n) is 2.51. The summed E-state index contributed by atoms with van der Waals surface area (Å²) in [6.07, 6.45) is 3.98. The molecule has 5 nitrogen and oxygen atoms in total. The largest absolute Gasteiger partial charge is 0.490 e. The zero-order valence-corrected chi connectivity index (χ0v) is 12.5. The third-order valence-corrected chi connectivity index (χ3v) is 3.78. The van der Waals surface area contributed by atoms with E-state index in [4.69, 9.17) is 4.74 Å². The number of aryl methyl sites for hydroxylation is 2. The van der Waals surface area contributed by atoms with E-state index in [1.165, 1.54) is 5.56 Å². The highest BCUT2D eigenvalue weighted by molar-refractivity contribution is 5.32. The van der Waals surface area contributed by atoms with Crippen molar-refractivity contribution in [2.45, 2.75) is 32.8 Å². The molecule has 0 amide bonds. The average Bonchev–Trinajstić information content (AvgIpc) is 2.51. The number of nitrogens with zero attached hydrogens (tertiary/aromatic N) is 4. The zero-order chi connectivity index (χ0) is 14.7. The number of hydrogen-bond donors (Lipinski definition) is 0. The smallest absolute Gasteiger partial charge is 0.245 e. The van der Waals surface area contributed by atoms with Crippen LogP contribution in [0.15, 0.2) is 30.5 Å². The number of anilines is 1. The van der Waals surface area contributed by atoms with Crippen LogP contribution in [0.4, 0.5) is 5.95 Å². The van der Waals surface area contributed by atoms with Gasteiger partial charge in [0.1, 0.15) is 11.9 Å². The van der Waals surface area contributed by atoms with E-state index < -0.39 is 0 Å². The van der Waals surface area contributed by atoms with Crippen molar-refractivity contribution in [2.24, 2.45) is 0 Å². The highest BCUT2D eigenvalue weighted by Crippen LogP contribution is 2.23. The summed E-state index contributed by atoms with van der Waals surface area (Å²) in [5, 5.41) is 8.22. The summed E-state index contributed by atoms with van der Waals surface area (Å²) < 4.78 is 6.11. The Balaban J connectivity index is 1.58. The number of rotatable bonds is 3. The fourth-order valence-corrected chi connectivity index (χ4v) is 2.51. The minimum absolute atomic E-state index is 0.265. The van der Waals surface area contributed by atoms with E-state index in [0.29, 0.717) is 0 Å². The minimum atomic E-state index is 0.265. The first-order valence-corrected chi connectivity index (χ1v) is 7.36. The van der Waals surface area contributed by atoms with Crippen LogP contribution in [-0.2, 0) is 0 Å². The highest BCUT2D eigenvalue weighted by atomic mass is 16.5. The molecule has 0 bridgehead atoms. The first-order chi connectivity index (χ1) is 10.2.